The molecule has 0 aliphatic carbocycles. The first-order valence-corrected chi connectivity index (χ1v) is 5.24. The Labute approximate surface area is 91.0 Å². The van der Waals surface area contributed by atoms with E-state index < -0.39 is 0 Å². The van der Waals surface area contributed by atoms with Crippen molar-refractivity contribution in [2.24, 2.45) is 0 Å². The number of hydrogen-bond acceptors (Lipinski definition) is 5. The molecule has 0 spiro atoms. The summed E-state index contributed by atoms with van der Waals surface area (Å²) < 4.78 is 5.40. The van der Waals surface area contributed by atoms with Gasteiger partial charge in [-0.25, -0.2) is 4.98 Å². The predicted molar refractivity (Wildman–Crippen MR) is 59.0 cm³/mol. The van der Waals surface area contributed by atoms with Crippen LogP contribution in [0.25, 0.3) is 0 Å². The molecule has 0 fully saturated rings. The van der Waals surface area contributed by atoms with Gasteiger partial charge in [-0.3, -0.25) is 0 Å². The van der Waals surface area contributed by atoms with Gasteiger partial charge < -0.3 is 15.6 Å². The van der Waals surface area contributed by atoms with Crippen LogP contribution < -0.4 is 10.5 Å². The summed E-state index contributed by atoms with van der Waals surface area (Å²) in [6.45, 7) is 0.327. The van der Waals surface area contributed by atoms with Crippen molar-refractivity contribution in [1.82, 2.24) is 4.98 Å². The third kappa shape index (κ3) is 2.19. The molecule has 4 nitrogen and oxygen atoms in total. The normalized spacial score (nSPS) is 10.1. The Morgan fingerprint density at radius 1 is 1.40 bits per heavy atom. The van der Waals surface area contributed by atoms with Crippen molar-refractivity contribution in [3.63, 3.8) is 0 Å². The van der Waals surface area contributed by atoms with E-state index in [1.807, 2.05) is 0 Å². The zero-order valence-electron chi connectivity index (χ0n) is 7.88. The molecular formula is C10H10N2O2S. The number of nitrogens with zero attached hydrogens (tertiary/aromatic N) is 1. The van der Waals surface area contributed by atoms with E-state index in [-0.39, 0.29) is 5.75 Å². The molecule has 0 saturated heterocycles. The van der Waals surface area contributed by atoms with Crippen molar-refractivity contribution in [2.75, 3.05) is 5.73 Å². The van der Waals surface area contributed by atoms with Crippen LogP contribution in [-0.2, 0) is 6.61 Å². The zero-order valence-corrected chi connectivity index (χ0v) is 8.70. The maximum absolute atomic E-state index is 9.44. The van der Waals surface area contributed by atoms with Crippen LogP contribution >= 0.6 is 11.3 Å². The predicted octanol–water partition coefficient (Wildman–Crippen LogP) is 2.01. The van der Waals surface area contributed by atoms with Gasteiger partial charge >= 0.3 is 0 Å². The fraction of sp³-hybridized carbons (Fsp3) is 0.100. The summed E-state index contributed by atoms with van der Waals surface area (Å²) in [7, 11) is 0. The van der Waals surface area contributed by atoms with Gasteiger partial charge in [0.05, 0.1) is 10.4 Å². The minimum atomic E-state index is 0.126. The van der Waals surface area contributed by atoms with Crippen molar-refractivity contribution in [3.8, 4) is 11.5 Å². The minimum Gasteiger partial charge on any atom is -0.504 e. The maximum Gasteiger partial charge on any atom is 0.161 e. The molecule has 0 unspecified atom stereocenters. The molecule has 78 valence electrons. The number of hydrogen-bond donors (Lipinski definition) is 2. The number of phenols is 1. The van der Waals surface area contributed by atoms with Crippen LogP contribution in [0.4, 0.5) is 5.82 Å². The number of nitrogens with two attached hydrogens (primary N) is 1. The molecule has 2 aromatic rings. The molecule has 1 aromatic heterocycles. The van der Waals surface area contributed by atoms with Gasteiger partial charge in [-0.2, -0.15) is 0 Å². The monoisotopic (exact) mass is 222 g/mol. The largest absolute Gasteiger partial charge is 0.504 e. The highest BCUT2D eigenvalue weighted by molar-refractivity contribution is 7.10. The number of para-hydroxylation sites is 2. The van der Waals surface area contributed by atoms with Gasteiger partial charge in [0.2, 0.25) is 0 Å². The van der Waals surface area contributed by atoms with Gasteiger partial charge in [0.25, 0.3) is 0 Å². The lowest BCUT2D eigenvalue weighted by Gasteiger charge is -2.06. The fourth-order valence-electron chi connectivity index (χ4n) is 1.11. The summed E-state index contributed by atoms with van der Waals surface area (Å²) in [6, 6.07) is 6.81. The molecule has 0 aliphatic heterocycles. The number of aromatic nitrogens is 1. The van der Waals surface area contributed by atoms with Crippen LogP contribution in [0.5, 0.6) is 11.5 Å². The smallest absolute Gasteiger partial charge is 0.161 e. The lowest BCUT2D eigenvalue weighted by molar-refractivity contribution is 0.292. The first-order valence-electron chi connectivity index (χ1n) is 4.36. The highest BCUT2D eigenvalue weighted by Gasteiger charge is 2.05. The first kappa shape index (κ1) is 9.79. The standard InChI is InChI=1S/C10H10N2O2S/c11-10-9(15-6-12-10)5-14-8-4-2-1-3-7(8)13/h1-4,6,13H,5,11H2. The Kier molecular flexibility index (Phi) is 2.73. The summed E-state index contributed by atoms with van der Waals surface area (Å²) >= 11 is 1.43. The topological polar surface area (TPSA) is 68.4 Å². The number of benzene rings is 1. The van der Waals surface area contributed by atoms with Crippen LogP contribution in [0.3, 0.4) is 0 Å². The number of anilines is 1. The number of phenolic OH excluding ortho intramolecular Hbond substituents is 1. The number of nitrogen functional groups attached to an aromatic ring is 1. The minimum absolute atomic E-state index is 0.126. The summed E-state index contributed by atoms with van der Waals surface area (Å²) in [5, 5.41) is 9.44. The lowest BCUT2D eigenvalue weighted by atomic mass is 10.3. The van der Waals surface area contributed by atoms with Gasteiger partial charge in [0.15, 0.2) is 11.5 Å². The number of ether oxygens (including phenoxy) is 1. The van der Waals surface area contributed by atoms with E-state index in [4.69, 9.17) is 10.5 Å². The molecule has 0 amide bonds. The lowest BCUT2D eigenvalue weighted by Crippen LogP contribution is -1.97. The van der Waals surface area contributed by atoms with Crippen LogP contribution in [-0.4, -0.2) is 10.1 Å². The average molecular weight is 222 g/mol. The molecule has 2 rings (SSSR count). The van der Waals surface area contributed by atoms with Crippen molar-refractivity contribution in [3.05, 3.63) is 34.7 Å². The molecule has 0 saturated carbocycles. The molecular weight excluding hydrogens is 212 g/mol. The van der Waals surface area contributed by atoms with E-state index in [1.54, 1.807) is 29.8 Å². The second-order valence-corrected chi connectivity index (χ2v) is 3.86. The number of thiazole rings is 1. The molecule has 0 aliphatic rings. The second-order valence-electron chi connectivity index (χ2n) is 2.92. The van der Waals surface area contributed by atoms with Crippen LogP contribution in [0.15, 0.2) is 29.8 Å². The first-order chi connectivity index (χ1) is 7.27. The summed E-state index contributed by atoms with van der Waals surface area (Å²) in [5.41, 5.74) is 7.27. The van der Waals surface area contributed by atoms with Crippen molar-refractivity contribution in [2.45, 2.75) is 6.61 Å². The maximum atomic E-state index is 9.44. The van der Waals surface area contributed by atoms with Gasteiger partial charge in [0, 0.05) is 0 Å². The van der Waals surface area contributed by atoms with E-state index >= 15 is 0 Å². The molecule has 1 aromatic carbocycles. The van der Waals surface area contributed by atoms with Gasteiger partial charge in [0.1, 0.15) is 12.4 Å². The third-order valence-electron chi connectivity index (χ3n) is 1.90. The van der Waals surface area contributed by atoms with Crippen molar-refractivity contribution < 1.29 is 9.84 Å². The summed E-state index contributed by atoms with van der Waals surface area (Å²) in [6.07, 6.45) is 0. The van der Waals surface area contributed by atoms with Crippen molar-refractivity contribution in [1.29, 1.82) is 0 Å². The Morgan fingerprint density at radius 3 is 2.87 bits per heavy atom. The second kappa shape index (κ2) is 4.18. The quantitative estimate of drug-likeness (QED) is 0.833. The van der Waals surface area contributed by atoms with Gasteiger partial charge in [-0.1, -0.05) is 12.1 Å². The summed E-state index contributed by atoms with van der Waals surface area (Å²) in [5.74, 6) is 1.06. The Balaban J connectivity index is 2.06. The fourth-order valence-corrected chi connectivity index (χ4v) is 1.70. The molecule has 3 N–H and O–H groups in total. The van der Waals surface area contributed by atoms with E-state index in [2.05, 4.69) is 4.98 Å². The van der Waals surface area contributed by atoms with Crippen LogP contribution in [0.2, 0.25) is 0 Å². The Hall–Kier alpha value is -1.75. The van der Waals surface area contributed by atoms with E-state index in [0.717, 1.165) is 4.88 Å². The number of aromatic hydroxyl groups is 1. The third-order valence-corrected chi connectivity index (χ3v) is 2.72. The average Bonchev–Trinajstić information content (AvgIpc) is 2.63. The molecule has 0 radical (unpaired) electrons. The summed E-state index contributed by atoms with van der Waals surface area (Å²) in [4.78, 5) is 4.76. The van der Waals surface area contributed by atoms with E-state index in [0.29, 0.717) is 18.2 Å². The van der Waals surface area contributed by atoms with E-state index in [1.165, 1.54) is 11.3 Å². The SMILES string of the molecule is Nc1ncsc1COc1ccccc1O. The Morgan fingerprint density at radius 2 is 2.20 bits per heavy atom. The number of rotatable bonds is 3. The highest BCUT2D eigenvalue weighted by Crippen LogP contribution is 2.26. The van der Waals surface area contributed by atoms with E-state index in [9.17, 15) is 5.11 Å². The zero-order chi connectivity index (χ0) is 10.7. The van der Waals surface area contributed by atoms with Gasteiger partial charge in [-0.05, 0) is 12.1 Å². The molecule has 1 heterocycles. The highest BCUT2D eigenvalue weighted by atomic mass is 32.1. The Bertz CT molecular complexity index is 456. The molecule has 5 heteroatoms. The molecule has 0 atom stereocenters. The van der Waals surface area contributed by atoms with Crippen LogP contribution in [0, 0.1) is 0 Å². The van der Waals surface area contributed by atoms with Crippen LogP contribution in [0.1, 0.15) is 4.88 Å². The molecule has 15 heavy (non-hydrogen) atoms. The van der Waals surface area contributed by atoms with Crippen molar-refractivity contribution >= 4 is 17.2 Å². The molecule has 0 bridgehead atoms. The van der Waals surface area contributed by atoms with Gasteiger partial charge in [-0.15, -0.1) is 11.3 Å².